The Morgan fingerprint density at radius 1 is 1.57 bits per heavy atom. The van der Waals surface area contributed by atoms with Crippen molar-refractivity contribution in [1.29, 1.82) is 0 Å². The van der Waals surface area contributed by atoms with Crippen LogP contribution in [-0.4, -0.2) is 21.9 Å². The van der Waals surface area contributed by atoms with E-state index in [2.05, 4.69) is 29.1 Å². The van der Waals surface area contributed by atoms with Crippen molar-refractivity contribution in [2.75, 3.05) is 11.1 Å². The van der Waals surface area contributed by atoms with Gasteiger partial charge in [0.2, 0.25) is 0 Å². The minimum absolute atomic E-state index is 0.430. The third kappa shape index (κ3) is 2.07. The summed E-state index contributed by atoms with van der Waals surface area (Å²) < 4.78 is 0. The van der Waals surface area contributed by atoms with Crippen molar-refractivity contribution in [2.45, 2.75) is 19.9 Å². The molecule has 1 aliphatic rings. The van der Waals surface area contributed by atoms with E-state index in [1.165, 1.54) is 5.56 Å². The van der Waals surface area contributed by atoms with Crippen molar-refractivity contribution >= 4 is 22.6 Å². The average molecular weight is 207 g/mol. The number of thioether (sulfide) groups is 1. The maximum absolute atomic E-state index is 4.47. The van der Waals surface area contributed by atoms with Crippen LogP contribution in [-0.2, 0) is 0 Å². The molecule has 1 aliphatic heterocycles. The SMILES string of the molecule is Cc1ccncc1NC1=NC(C)CS1. The molecule has 14 heavy (non-hydrogen) atoms. The van der Waals surface area contributed by atoms with Crippen LogP contribution in [0.3, 0.4) is 0 Å². The molecule has 0 bridgehead atoms. The lowest BCUT2D eigenvalue weighted by Gasteiger charge is -2.06. The van der Waals surface area contributed by atoms with Crippen LogP contribution in [0, 0.1) is 6.92 Å². The predicted octanol–water partition coefficient (Wildman–Crippen LogP) is 2.29. The molecule has 0 amide bonds. The third-order valence-electron chi connectivity index (χ3n) is 2.08. The van der Waals surface area contributed by atoms with Crippen LogP contribution in [0.15, 0.2) is 23.5 Å². The standard InChI is InChI=1S/C10H13N3S/c1-7-3-4-11-5-9(7)13-10-12-8(2)6-14-10/h3-5,8H,6H2,1-2H3,(H,12,13). The van der Waals surface area contributed by atoms with Crippen LogP contribution in [0.5, 0.6) is 0 Å². The van der Waals surface area contributed by atoms with Crippen molar-refractivity contribution in [1.82, 2.24) is 4.98 Å². The number of nitrogens with one attached hydrogen (secondary N) is 1. The molecule has 0 spiro atoms. The second kappa shape index (κ2) is 4.00. The molecule has 0 aliphatic carbocycles. The molecule has 1 unspecified atom stereocenters. The van der Waals surface area contributed by atoms with E-state index in [1.54, 1.807) is 18.0 Å². The highest BCUT2D eigenvalue weighted by molar-refractivity contribution is 8.14. The van der Waals surface area contributed by atoms with E-state index in [9.17, 15) is 0 Å². The molecule has 0 saturated carbocycles. The van der Waals surface area contributed by atoms with Gasteiger partial charge < -0.3 is 5.32 Å². The molecule has 0 fully saturated rings. The van der Waals surface area contributed by atoms with Gasteiger partial charge in [-0.25, -0.2) is 0 Å². The van der Waals surface area contributed by atoms with Gasteiger partial charge in [-0.05, 0) is 25.5 Å². The van der Waals surface area contributed by atoms with E-state index in [0.717, 1.165) is 16.6 Å². The second-order valence-corrected chi connectivity index (χ2v) is 4.42. The summed E-state index contributed by atoms with van der Waals surface area (Å²) in [6, 6.07) is 2.42. The highest BCUT2D eigenvalue weighted by Crippen LogP contribution is 2.20. The number of amidine groups is 1. The zero-order valence-corrected chi connectivity index (χ0v) is 9.14. The molecule has 0 radical (unpaired) electrons. The van der Waals surface area contributed by atoms with Gasteiger partial charge in [-0.3, -0.25) is 9.98 Å². The Morgan fingerprint density at radius 2 is 2.43 bits per heavy atom. The summed E-state index contributed by atoms with van der Waals surface area (Å²) in [4.78, 5) is 8.55. The molecular weight excluding hydrogens is 194 g/mol. The topological polar surface area (TPSA) is 37.3 Å². The Kier molecular flexibility index (Phi) is 2.72. The molecule has 0 saturated heterocycles. The van der Waals surface area contributed by atoms with E-state index >= 15 is 0 Å². The first-order valence-electron chi connectivity index (χ1n) is 4.64. The average Bonchev–Trinajstić information content (AvgIpc) is 2.56. The first-order valence-corrected chi connectivity index (χ1v) is 5.62. The Bertz CT molecular complexity index is 362. The van der Waals surface area contributed by atoms with Crippen molar-refractivity contribution in [3.05, 3.63) is 24.0 Å². The lowest BCUT2D eigenvalue weighted by molar-refractivity contribution is 0.865. The van der Waals surface area contributed by atoms with Crippen molar-refractivity contribution in [2.24, 2.45) is 4.99 Å². The van der Waals surface area contributed by atoms with Crippen LogP contribution in [0.2, 0.25) is 0 Å². The molecule has 1 aromatic rings. The minimum atomic E-state index is 0.430. The predicted molar refractivity (Wildman–Crippen MR) is 62.0 cm³/mol. The van der Waals surface area contributed by atoms with Crippen molar-refractivity contribution < 1.29 is 0 Å². The van der Waals surface area contributed by atoms with Crippen molar-refractivity contribution in [3.8, 4) is 0 Å². The lowest BCUT2D eigenvalue weighted by Crippen LogP contribution is -2.06. The number of nitrogens with zero attached hydrogens (tertiary/aromatic N) is 2. The summed E-state index contributed by atoms with van der Waals surface area (Å²) in [5.41, 5.74) is 2.25. The van der Waals surface area contributed by atoms with E-state index in [1.807, 2.05) is 12.3 Å². The lowest BCUT2D eigenvalue weighted by atomic mass is 10.2. The highest BCUT2D eigenvalue weighted by Gasteiger charge is 2.14. The quantitative estimate of drug-likeness (QED) is 0.767. The number of hydrogen-bond donors (Lipinski definition) is 1. The zero-order chi connectivity index (χ0) is 9.97. The van der Waals surface area contributed by atoms with Gasteiger partial charge in [0.25, 0.3) is 0 Å². The molecule has 3 nitrogen and oxygen atoms in total. The monoisotopic (exact) mass is 207 g/mol. The van der Waals surface area contributed by atoms with E-state index in [4.69, 9.17) is 0 Å². The molecule has 4 heteroatoms. The summed E-state index contributed by atoms with van der Waals surface area (Å²) in [7, 11) is 0. The number of aliphatic imine (C=N–C) groups is 1. The first kappa shape index (κ1) is 9.52. The minimum Gasteiger partial charge on any atom is -0.333 e. The van der Waals surface area contributed by atoms with Gasteiger partial charge >= 0.3 is 0 Å². The Labute approximate surface area is 88.0 Å². The molecular formula is C10H13N3S. The molecule has 1 atom stereocenters. The zero-order valence-electron chi connectivity index (χ0n) is 8.32. The normalized spacial score (nSPS) is 20.7. The number of aromatic nitrogens is 1. The van der Waals surface area contributed by atoms with E-state index in [0.29, 0.717) is 6.04 Å². The summed E-state index contributed by atoms with van der Waals surface area (Å²) >= 11 is 1.77. The fraction of sp³-hybridized carbons (Fsp3) is 0.400. The number of anilines is 1. The smallest absolute Gasteiger partial charge is 0.161 e. The van der Waals surface area contributed by atoms with Crippen LogP contribution in [0.25, 0.3) is 0 Å². The fourth-order valence-corrected chi connectivity index (χ4v) is 2.16. The molecule has 1 aromatic heterocycles. The molecule has 0 aromatic carbocycles. The molecule has 1 N–H and O–H groups in total. The Hall–Kier alpha value is -1.03. The second-order valence-electron chi connectivity index (χ2n) is 3.41. The summed E-state index contributed by atoms with van der Waals surface area (Å²) in [6.45, 7) is 4.19. The summed E-state index contributed by atoms with van der Waals surface area (Å²) in [5.74, 6) is 1.07. The Morgan fingerprint density at radius 3 is 3.07 bits per heavy atom. The van der Waals surface area contributed by atoms with Gasteiger partial charge in [0.05, 0.1) is 17.9 Å². The maximum atomic E-state index is 4.47. The van der Waals surface area contributed by atoms with E-state index < -0.39 is 0 Å². The molecule has 74 valence electrons. The maximum Gasteiger partial charge on any atom is 0.161 e. The largest absolute Gasteiger partial charge is 0.333 e. The fourth-order valence-electron chi connectivity index (χ4n) is 1.25. The van der Waals surface area contributed by atoms with Gasteiger partial charge in [0.1, 0.15) is 0 Å². The van der Waals surface area contributed by atoms with Gasteiger partial charge in [-0.2, -0.15) is 0 Å². The number of aryl methyl sites for hydroxylation is 1. The van der Waals surface area contributed by atoms with Gasteiger partial charge in [0.15, 0.2) is 5.17 Å². The number of rotatable bonds is 1. The Balaban J connectivity index is 2.12. The van der Waals surface area contributed by atoms with Crippen LogP contribution in [0.1, 0.15) is 12.5 Å². The molecule has 2 rings (SSSR count). The van der Waals surface area contributed by atoms with Crippen LogP contribution < -0.4 is 5.32 Å². The van der Waals surface area contributed by atoms with Gasteiger partial charge in [-0.15, -0.1) is 0 Å². The van der Waals surface area contributed by atoms with Crippen LogP contribution in [0.4, 0.5) is 5.69 Å². The highest BCUT2D eigenvalue weighted by atomic mass is 32.2. The van der Waals surface area contributed by atoms with Gasteiger partial charge in [0, 0.05) is 11.9 Å². The summed E-state index contributed by atoms with van der Waals surface area (Å²) in [5, 5.41) is 4.30. The number of hydrogen-bond acceptors (Lipinski definition) is 4. The first-order chi connectivity index (χ1) is 6.75. The van der Waals surface area contributed by atoms with Gasteiger partial charge in [-0.1, -0.05) is 11.8 Å². The van der Waals surface area contributed by atoms with Crippen molar-refractivity contribution in [3.63, 3.8) is 0 Å². The third-order valence-corrected chi connectivity index (χ3v) is 3.21. The van der Waals surface area contributed by atoms with Crippen LogP contribution >= 0.6 is 11.8 Å². The molecule has 2 heterocycles. The van der Waals surface area contributed by atoms with E-state index in [-0.39, 0.29) is 0 Å². The summed E-state index contributed by atoms with van der Waals surface area (Å²) in [6.07, 6.45) is 3.63. The number of pyridine rings is 1.